The first-order valence-corrected chi connectivity index (χ1v) is 18.3. The number of carbonyl (C=O) groups excluding carboxylic acids is 1. The van der Waals surface area contributed by atoms with Crippen molar-refractivity contribution >= 4 is 6.03 Å². The molecule has 5 aromatic rings. The number of rotatable bonds is 12. The van der Waals surface area contributed by atoms with Crippen LogP contribution in [0.5, 0.6) is 11.6 Å². The molecule has 2 aliphatic heterocycles. The third kappa shape index (κ3) is 9.22. The lowest BCUT2D eigenvalue weighted by molar-refractivity contribution is 0.0342. The first-order chi connectivity index (χ1) is 26.0. The van der Waals surface area contributed by atoms with Crippen LogP contribution in [-0.2, 0) is 31.0 Å². The van der Waals surface area contributed by atoms with Gasteiger partial charge in [-0.2, -0.15) is 4.98 Å². The zero-order valence-electron chi connectivity index (χ0n) is 30.4. The van der Waals surface area contributed by atoms with Gasteiger partial charge in [0, 0.05) is 43.3 Å². The molecule has 9 nitrogen and oxygen atoms in total. The van der Waals surface area contributed by atoms with E-state index in [1.54, 1.807) is 0 Å². The van der Waals surface area contributed by atoms with Gasteiger partial charge in [-0.05, 0) is 60.4 Å². The van der Waals surface area contributed by atoms with Gasteiger partial charge >= 0.3 is 6.03 Å². The molecular formula is C44H45N5O4. The van der Waals surface area contributed by atoms with Crippen molar-refractivity contribution in [2.45, 2.75) is 52.2 Å². The molecule has 2 aliphatic rings. The molecule has 9 heteroatoms. The van der Waals surface area contributed by atoms with Crippen molar-refractivity contribution in [2.75, 3.05) is 32.8 Å². The largest absolute Gasteiger partial charge is 0.482 e. The van der Waals surface area contributed by atoms with Gasteiger partial charge in [0.25, 0.3) is 5.88 Å². The van der Waals surface area contributed by atoms with E-state index in [1.807, 2.05) is 82.6 Å². The molecule has 0 N–H and O–H groups in total. The number of hydrogen-bond acceptors (Lipinski definition) is 7. The van der Waals surface area contributed by atoms with Gasteiger partial charge in [0.2, 0.25) is 5.75 Å². The fraction of sp³-hybridized carbons (Fsp3) is 0.295. The van der Waals surface area contributed by atoms with Crippen LogP contribution in [0.2, 0.25) is 0 Å². The van der Waals surface area contributed by atoms with Crippen molar-refractivity contribution in [1.82, 2.24) is 24.7 Å². The fourth-order valence-corrected chi connectivity index (χ4v) is 6.68. The highest BCUT2D eigenvalue weighted by Gasteiger charge is 2.40. The maximum Gasteiger partial charge on any atom is 0.321 e. The van der Waals surface area contributed by atoms with E-state index >= 15 is 0 Å². The minimum Gasteiger partial charge on any atom is -0.482 e. The summed E-state index contributed by atoms with van der Waals surface area (Å²) in [6, 6.07) is 36.4. The molecule has 2 saturated heterocycles. The predicted octanol–water partition coefficient (Wildman–Crippen LogP) is 7.25. The number of morpholine rings is 1. The summed E-state index contributed by atoms with van der Waals surface area (Å²) in [6.07, 6.45) is 1.48. The zero-order valence-corrected chi connectivity index (χ0v) is 30.4. The Morgan fingerprint density at radius 1 is 0.736 bits per heavy atom. The fourth-order valence-electron chi connectivity index (χ4n) is 6.68. The summed E-state index contributed by atoms with van der Waals surface area (Å²) in [7, 11) is 0. The topological polar surface area (TPSA) is 80.3 Å². The summed E-state index contributed by atoms with van der Waals surface area (Å²) in [5, 5.41) is 0. The summed E-state index contributed by atoms with van der Waals surface area (Å²) in [6.45, 7) is 9.96. The van der Waals surface area contributed by atoms with E-state index in [0.29, 0.717) is 37.1 Å². The average Bonchev–Trinajstić information content (AvgIpc) is 3.53. The van der Waals surface area contributed by atoms with Crippen LogP contribution in [0.3, 0.4) is 0 Å². The quantitative estimate of drug-likeness (QED) is 0.126. The standard InChI is InChI=1S/C44H45N5O4/c1-33(2)49-41(39-21-19-35(20-22-39)14-13-34-15-17-36(18-16-34)27-47-23-25-51-26-24-47)29-48(44(49)50)28-40-42(52-30-37-9-5-3-6-10-37)43(46-32-45-40)53-31-38-11-7-4-8-12-38/h3-12,15-22,32-33,41H,23-31H2,1-2H3. The molecule has 53 heavy (non-hydrogen) atoms. The van der Waals surface area contributed by atoms with Crippen molar-refractivity contribution in [1.29, 1.82) is 0 Å². The number of nitrogens with zero attached hydrogens (tertiary/aromatic N) is 5. The van der Waals surface area contributed by atoms with Gasteiger partial charge in [-0.1, -0.05) is 96.8 Å². The number of amides is 2. The minimum atomic E-state index is -0.132. The van der Waals surface area contributed by atoms with E-state index in [1.165, 1.54) is 11.9 Å². The van der Waals surface area contributed by atoms with Gasteiger partial charge in [0.05, 0.1) is 25.8 Å². The lowest BCUT2D eigenvalue weighted by Gasteiger charge is -2.27. The second-order valence-electron chi connectivity index (χ2n) is 13.6. The Balaban J connectivity index is 1.05. The van der Waals surface area contributed by atoms with Crippen molar-refractivity contribution in [3.8, 4) is 23.5 Å². The normalized spacial score (nSPS) is 16.1. The summed E-state index contributed by atoms with van der Waals surface area (Å²) in [5.41, 5.74) is 6.85. The smallest absolute Gasteiger partial charge is 0.321 e. The summed E-state index contributed by atoms with van der Waals surface area (Å²) < 4.78 is 18.0. The second-order valence-corrected chi connectivity index (χ2v) is 13.6. The van der Waals surface area contributed by atoms with E-state index in [4.69, 9.17) is 14.2 Å². The molecule has 3 heterocycles. The Hall–Kier alpha value is -5.69. The van der Waals surface area contributed by atoms with Crippen molar-refractivity contribution < 1.29 is 19.0 Å². The Labute approximate surface area is 312 Å². The van der Waals surface area contributed by atoms with E-state index in [2.05, 4.69) is 77.0 Å². The van der Waals surface area contributed by atoms with Crippen molar-refractivity contribution in [2.24, 2.45) is 0 Å². The van der Waals surface area contributed by atoms with Gasteiger partial charge in [0.1, 0.15) is 25.2 Å². The monoisotopic (exact) mass is 707 g/mol. The minimum absolute atomic E-state index is 0.00727. The molecule has 2 fully saturated rings. The van der Waals surface area contributed by atoms with Gasteiger partial charge in [-0.15, -0.1) is 0 Å². The number of ether oxygens (including phenoxy) is 3. The molecule has 4 aromatic carbocycles. The maximum absolute atomic E-state index is 14.0. The van der Waals surface area contributed by atoms with Gasteiger partial charge in [-0.25, -0.2) is 9.78 Å². The molecule has 270 valence electrons. The summed E-state index contributed by atoms with van der Waals surface area (Å²) >= 11 is 0. The van der Waals surface area contributed by atoms with E-state index in [-0.39, 0.29) is 24.7 Å². The number of hydrogen-bond donors (Lipinski definition) is 0. The average molecular weight is 708 g/mol. The lowest BCUT2D eigenvalue weighted by Crippen LogP contribution is -2.37. The molecule has 0 spiro atoms. The molecule has 1 unspecified atom stereocenters. The molecule has 2 amide bonds. The number of aromatic nitrogens is 2. The van der Waals surface area contributed by atoms with E-state index in [0.717, 1.165) is 60.7 Å². The summed E-state index contributed by atoms with van der Waals surface area (Å²) in [4.78, 5) is 29.2. The molecule has 0 radical (unpaired) electrons. The Kier molecular flexibility index (Phi) is 11.6. The third-order valence-corrected chi connectivity index (χ3v) is 9.52. The molecule has 0 aliphatic carbocycles. The Morgan fingerprint density at radius 3 is 1.96 bits per heavy atom. The highest BCUT2D eigenvalue weighted by molar-refractivity contribution is 5.78. The van der Waals surface area contributed by atoms with Gasteiger partial charge in [0.15, 0.2) is 0 Å². The molecule has 1 atom stereocenters. The van der Waals surface area contributed by atoms with Crippen LogP contribution in [-0.4, -0.2) is 69.6 Å². The van der Waals surface area contributed by atoms with Crippen LogP contribution < -0.4 is 9.47 Å². The van der Waals surface area contributed by atoms with Crippen LogP contribution >= 0.6 is 0 Å². The molecule has 0 bridgehead atoms. The molecule has 7 rings (SSSR count). The number of carbonyl (C=O) groups is 1. The van der Waals surface area contributed by atoms with Crippen LogP contribution in [0.4, 0.5) is 4.79 Å². The first kappa shape index (κ1) is 35.7. The van der Waals surface area contributed by atoms with E-state index < -0.39 is 0 Å². The Bertz CT molecular complexity index is 2010. The lowest BCUT2D eigenvalue weighted by atomic mass is 10.0. The van der Waals surface area contributed by atoms with Crippen LogP contribution in [0.15, 0.2) is 116 Å². The highest BCUT2D eigenvalue weighted by Crippen LogP contribution is 2.35. The van der Waals surface area contributed by atoms with Gasteiger partial charge in [-0.3, -0.25) is 4.90 Å². The molecule has 1 aromatic heterocycles. The SMILES string of the molecule is CC(C)N1C(=O)N(Cc2ncnc(OCc3ccccc3)c2OCc2ccccc2)CC1c1ccc(C#Cc2ccc(CN3CCOCC3)cc2)cc1. The predicted molar refractivity (Wildman–Crippen MR) is 204 cm³/mol. The van der Waals surface area contributed by atoms with Crippen LogP contribution in [0.25, 0.3) is 0 Å². The number of urea groups is 1. The van der Waals surface area contributed by atoms with Crippen molar-refractivity contribution in [3.63, 3.8) is 0 Å². The maximum atomic E-state index is 14.0. The van der Waals surface area contributed by atoms with E-state index in [9.17, 15) is 4.79 Å². The highest BCUT2D eigenvalue weighted by atomic mass is 16.5. The zero-order chi connectivity index (χ0) is 36.4. The Morgan fingerprint density at radius 2 is 1.34 bits per heavy atom. The van der Waals surface area contributed by atoms with Crippen molar-refractivity contribution in [3.05, 3.63) is 155 Å². The van der Waals surface area contributed by atoms with Crippen LogP contribution in [0, 0.1) is 11.8 Å². The van der Waals surface area contributed by atoms with Gasteiger partial charge < -0.3 is 24.0 Å². The molecule has 0 saturated carbocycles. The van der Waals surface area contributed by atoms with Crippen LogP contribution in [0.1, 0.15) is 59.0 Å². The molecular weight excluding hydrogens is 663 g/mol. The summed E-state index contributed by atoms with van der Waals surface area (Å²) in [5.74, 6) is 7.41. The second kappa shape index (κ2) is 17.2. The number of benzene rings is 4. The first-order valence-electron chi connectivity index (χ1n) is 18.3. The third-order valence-electron chi connectivity index (χ3n) is 9.52.